The molecule has 0 amide bonds. The highest BCUT2D eigenvalue weighted by Crippen LogP contribution is 2.33. The zero-order chi connectivity index (χ0) is 12.1. The summed E-state index contributed by atoms with van der Waals surface area (Å²) in [6.07, 6.45) is 3.35. The summed E-state index contributed by atoms with van der Waals surface area (Å²) in [5, 5.41) is 10.0. The Kier molecular flexibility index (Phi) is 3.81. The lowest BCUT2D eigenvalue weighted by Crippen LogP contribution is -1.90. The van der Waals surface area contributed by atoms with Crippen molar-refractivity contribution in [3.8, 4) is 16.9 Å². The molecule has 0 fully saturated rings. The van der Waals surface area contributed by atoms with E-state index in [4.69, 9.17) is 0 Å². The van der Waals surface area contributed by atoms with Gasteiger partial charge in [-0.05, 0) is 30.0 Å². The molecule has 0 aliphatic carbocycles. The number of rotatable bonds is 4. The Morgan fingerprint density at radius 3 is 2.41 bits per heavy atom. The van der Waals surface area contributed by atoms with Crippen LogP contribution in [0, 0.1) is 0 Å². The van der Waals surface area contributed by atoms with Crippen LogP contribution in [-0.2, 0) is 6.42 Å². The van der Waals surface area contributed by atoms with Gasteiger partial charge in [-0.2, -0.15) is 0 Å². The zero-order valence-electron chi connectivity index (χ0n) is 10.2. The minimum absolute atomic E-state index is 0.379. The molecule has 0 heterocycles. The highest BCUT2D eigenvalue weighted by Gasteiger charge is 2.09. The van der Waals surface area contributed by atoms with Crippen LogP contribution in [-0.4, -0.2) is 5.11 Å². The first-order valence-electron chi connectivity index (χ1n) is 6.19. The van der Waals surface area contributed by atoms with E-state index in [1.54, 1.807) is 6.07 Å². The first-order valence-corrected chi connectivity index (χ1v) is 6.19. The second-order valence-electron chi connectivity index (χ2n) is 4.28. The maximum Gasteiger partial charge on any atom is 0.123 e. The van der Waals surface area contributed by atoms with Gasteiger partial charge in [0.05, 0.1) is 0 Å². The third-order valence-electron chi connectivity index (χ3n) is 2.99. The van der Waals surface area contributed by atoms with Crippen molar-refractivity contribution in [1.82, 2.24) is 0 Å². The Balaban J connectivity index is 2.44. The van der Waals surface area contributed by atoms with Crippen molar-refractivity contribution >= 4 is 0 Å². The fourth-order valence-electron chi connectivity index (χ4n) is 2.10. The van der Waals surface area contributed by atoms with E-state index in [0.717, 1.165) is 24.0 Å². The fourth-order valence-corrected chi connectivity index (χ4v) is 2.10. The normalized spacial score (nSPS) is 10.4. The van der Waals surface area contributed by atoms with Crippen molar-refractivity contribution in [3.05, 3.63) is 54.1 Å². The van der Waals surface area contributed by atoms with E-state index in [0.29, 0.717) is 5.75 Å². The largest absolute Gasteiger partial charge is 0.507 e. The van der Waals surface area contributed by atoms with Gasteiger partial charge in [-0.15, -0.1) is 0 Å². The van der Waals surface area contributed by atoms with Crippen LogP contribution in [0.5, 0.6) is 5.75 Å². The van der Waals surface area contributed by atoms with Crippen LogP contribution < -0.4 is 0 Å². The predicted octanol–water partition coefficient (Wildman–Crippen LogP) is 4.40. The zero-order valence-corrected chi connectivity index (χ0v) is 10.2. The van der Waals surface area contributed by atoms with Crippen molar-refractivity contribution in [2.45, 2.75) is 26.2 Å². The fraction of sp³-hybridized carbons (Fsp3) is 0.250. The molecule has 1 heteroatoms. The molecule has 0 spiro atoms. The number of unbranched alkanes of at least 4 members (excludes halogenated alkanes) is 1. The van der Waals surface area contributed by atoms with Crippen LogP contribution in [0.4, 0.5) is 0 Å². The van der Waals surface area contributed by atoms with Gasteiger partial charge in [-0.1, -0.05) is 55.8 Å². The van der Waals surface area contributed by atoms with Crippen LogP contribution in [0.15, 0.2) is 48.5 Å². The van der Waals surface area contributed by atoms with E-state index >= 15 is 0 Å². The summed E-state index contributed by atoms with van der Waals surface area (Å²) >= 11 is 0. The monoisotopic (exact) mass is 226 g/mol. The van der Waals surface area contributed by atoms with E-state index < -0.39 is 0 Å². The Bertz CT molecular complexity index is 474. The molecule has 1 N–H and O–H groups in total. The molecule has 0 radical (unpaired) electrons. The van der Waals surface area contributed by atoms with Gasteiger partial charge in [0.15, 0.2) is 0 Å². The molecule has 0 aliphatic rings. The number of phenolic OH excluding ortho intramolecular Hbond substituents is 1. The average Bonchev–Trinajstić information content (AvgIpc) is 2.37. The maximum atomic E-state index is 10.0. The Morgan fingerprint density at radius 1 is 0.941 bits per heavy atom. The smallest absolute Gasteiger partial charge is 0.123 e. The van der Waals surface area contributed by atoms with Crippen LogP contribution in [0.25, 0.3) is 11.1 Å². The summed E-state index contributed by atoms with van der Waals surface area (Å²) in [7, 11) is 0. The van der Waals surface area contributed by atoms with Gasteiger partial charge < -0.3 is 5.11 Å². The van der Waals surface area contributed by atoms with Crippen LogP contribution in [0.1, 0.15) is 25.3 Å². The number of phenols is 1. The van der Waals surface area contributed by atoms with Crippen LogP contribution in [0.3, 0.4) is 0 Å². The van der Waals surface area contributed by atoms with Crippen molar-refractivity contribution in [2.24, 2.45) is 0 Å². The van der Waals surface area contributed by atoms with Gasteiger partial charge in [0, 0.05) is 5.56 Å². The molecular formula is C16H18O. The molecule has 2 rings (SSSR count). The van der Waals surface area contributed by atoms with Crippen LogP contribution in [0.2, 0.25) is 0 Å². The summed E-state index contributed by atoms with van der Waals surface area (Å²) in [6.45, 7) is 2.19. The molecule has 0 bridgehead atoms. The third kappa shape index (κ3) is 2.68. The van der Waals surface area contributed by atoms with E-state index in [-0.39, 0.29) is 0 Å². The molecule has 88 valence electrons. The molecule has 2 aromatic rings. The first kappa shape index (κ1) is 11.7. The molecule has 0 aromatic heterocycles. The molecule has 2 aromatic carbocycles. The van der Waals surface area contributed by atoms with Gasteiger partial charge in [0.2, 0.25) is 0 Å². The molecule has 0 atom stereocenters. The average molecular weight is 226 g/mol. The van der Waals surface area contributed by atoms with E-state index in [1.807, 2.05) is 36.4 Å². The van der Waals surface area contributed by atoms with Gasteiger partial charge in [0.25, 0.3) is 0 Å². The number of aromatic hydroxyl groups is 1. The van der Waals surface area contributed by atoms with Crippen molar-refractivity contribution in [2.75, 3.05) is 0 Å². The lowest BCUT2D eigenvalue weighted by molar-refractivity contribution is 0.476. The SMILES string of the molecule is CCCCc1cccc(O)c1-c1ccccc1. The Labute approximate surface area is 103 Å². The van der Waals surface area contributed by atoms with Gasteiger partial charge in [0.1, 0.15) is 5.75 Å². The van der Waals surface area contributed by atoms with E-state index in [9.17, 15) is 5.11 Å². The van der Waals surface area contributed by atoms with Gasteiger partial charge >= 0.3 is 0 Å². The highest BCUT2D eigenvalue weighted by atomic mass is 16.3. The summed E-state index contributed by atoms with van der Waals surface area (Å²) in [6, 6.07) is 15.9. The number of aryl methyl sites for hydroxylation is 1. The highest BCUT2D eigenvalue weighted by molar-refractivity contribution is 5.73. The van der Waals surface area contributed by atoms with Crippen molar-refractivity contribution in [3.63, 3.8) is 0 Å². The van der Waals surface area contributed by atoms with E-state index in [1.165, 1.54) is 12.0 Å². The topological polar surface area (TPSA) is 20.2 Å². The van der Waals surface area contributed by atoms with Crippen molar-refractivity contribution < 1.29 is 5.11 Å². The molecule has 17 heavy (non-hydrogen) atoms. The summed E-state index contributed by atoms with van der Waals surface area (Å²) in [5.41, 5.74) is 3.32. The predicted molar refractivity (Wildman–Crippen MR) is 72.2 cm³/mol. The quantitative estimate of drug-likeness (QED) is 0.819. The number of hydrogen-bond acceptors (Lipinski definition) is 1. The van der Waals surface area contributed by atoms with Crippen LogP contribution >= 0.6 is 0 Å². The number of hydrogen-bond donors (Lipinski definition) is 1. The maximum absolute atomic E-state index is 10.0. The molecular weight excluding hydrogens is 208 g/mol. The molecule has 1 nitrogen and oxygen atoms in total. The molecule has 0 aliphatic heterocycles. The first-order chi connectivity index (χ1) is 8.33. The summed E-state index contributed by atoms with van der Waals surface area (Å²) < 4.78 is 0. The molecule has 0 saturated carbocycles. The Hall–Kier alpha value is -1.76. The minimum atomic E-state index is 0.379. The lowest BCUT2D eigenvalue weighted by atomic mass is 9.95. The Morgan fingerprint density at radius 2 is 1.71 bits per heavy atom. The molecule has 0 saturated heterocycles. The van der Waals surface area contributed by atoms with Gasteiger partial charge in [-0.25, -0.2) is 0 Å². The summed E-state index contributed by atoms with van der Waals surface area (Å²) in [5.74, 6) is 0.379. The second-order valence-corrected chi connectivity index (χ2v) is 4.28. The minimum Gasteiger partial charge on any atom is -0.507 e. The standard InChI is InChI=1S/C16H18O/c1-2-3-8-13-11-7-12-15(17)16(13)14-9-5-4-6-10-14/h4-7,9-12,17H,2-3,8H2,1H3. The van der Waals surface area contributed by atoms with E-state index in [2.05, 4.69) is 13.0 Å². The third-order valence-corrected chi connectivity index (χ3v) is 2.99. The lowest BCUT2D eigenvalue weighted by Gasteiger charge is -2.11. The molecule has 0 unspecified atom stereocenters. The summed E-state index contributed by atoms with van der Waals surface area (Å²) in [4.78, 5) is 0. The number of benzene rings is 2. The van der Waals surface area contributed by atoms with Crippen molar-refractivity contribution in [1.29, 1.82) is 0 Å². The second kappa shape index (κ2) is 5.53. The van der Waals surface area contributed by atoms with Gasteiger partial charge in [-0.3, -0.25) is 0 Å².